The highest BCUT2D eigenvalue weighted by atomic mass is 19.4. The van der Waals surface area contributed by atoms with E-state index >= 15 is 0 Å². The molecule has 0 fully saturated rings. The number of halogens is 3. The lowest BCUT2D eigenvalue weighted by Gasteiger charge is -2.13. The van der Waals surface area contributed by atoms with Gasteiger partial charge in [-0.25, -0.2) is 4.98 Å². The molecule has 9 heteroatoms. The summed E-state index contributed by atoms with van der Waals surface area (Å²) in [6, 6.07) is 26.2. The zero-order valence-electron chi connectivity index (χ0n) is 23.8. The number of rotatable bonds is 7. The van der Waals surface area contributed by atoms with Crippen molar-refractivity contribution in [3.63, 3.8) is 0 Å². The van der Waals surface area contributed by atoms with E-state index in [1.165, 1.54) is 12.1 Å². The first kappa shape index (κ1) is 29.3. The van der Waals surface area contributed by atoms with Gasteiger partial charge in [0.2, 0.25) is 5.91 Å². The second kappa shape index (κ2) is 12.0. The molecule has 0 aliphatic heterocycles. The van der Waals surface area contributed by atoms with Crippen molar-refractivity contribution in [2.24, 2.45) is 0 Å². The minimum atomic E-state index is -4.44. The van der Waals surface area contributed by atoms with Crippen molar-refractivity contribution in [2.75, 3.05) is 10.6 Å². The molecule has 5 aromatic rings. The van der Waals surface area contributed by atoms with Crippen LogP contribution in [0.15, 0.2) is 97.1 Å². The molecule has 0 bridgehead atoms. The smallest absolute Gasteiger partial charge is 0.326 e. The molecule has 0 aliphatic rings. The molecular weight excluding hydrogens is 553 g/mol. The fourth-order valence-corrected chi connectivity index (χ4v) is 4.86. The van der Waals surface area contributed by atoms with E-state index < -0.39 is 17.6 Å². The molecule has 0 saturated carbocycles. The van der Waals surface area contributed by atoms with E-state index in [0.717, 1.165) is 34.9 Å². The number of carbonyl (C=O) groups excluding carboxylic acids is 2. The maximum absolute atomic E-state index is 13.2. The van der Waals surface area contributed by atoms with Crippen molar-refractivity contribution >= 4 is 23.2 Å². The Morgan fingerprint density at radius 2 is 1.40 bits per heavy atom. The summed E-state index contributed by atoms with van der Waals surface area (Å²) < 4.78 is 41.1. The topological polar surface area (TPSA) is 76.0 Å². The molecule has 218 valence electrons. The van der Waals surface area contributed by atoms with Gasteiger partial charge in [-0.1, -0.05) is 35.9 Å². The second-order valence-electron chi connectivity index (χ2n) is 10.3. The number of benzene rings is 3. The van der Waals surface area contributed by atoms with Gasteiger partial charge in [-0.2, -0.15) is 13.2 Å². The summed E-state index contributed by atoms with van der Waals surface area (Å²) in [5.41, 5.74) is 5.24. The average Bonchev–Trinajstić information content (AvgIpc) is 3.31. The number of aryl methyl sites for hydroxylation is 3. The van der Waals surface area contributed by atoms with Gasteiger partial charge in [0.15, 0.2) is 0 Å². The molecule has 2 N–H and O–H groups in total. The number of nitrogens with one attached hydrogen (secondary N) is 2. The quantitative estimate of drug-likeness (QED) is 0.205. The van der Waals surface area contributed by atoms with Crippen LogP contribution in [0.5, 0.6) is 0 Å². The summed E-state index contributed by atoms with van der Waals surface area (Å²) in [6.45, 7) is 5.84. The zero-order chi connectivity index (χ0) is 30.7. The van der Waals surface area contributed by atoms with Crippen LogP contribution >= 0.6 is 0 Å². The van der Waals surface area contributed by atoms with Crippen LogP contribution in [0.1, 0.15) is 38.6 Å². The van der Waals surface area contributed by atoms with Crippen LogP contribution in [-0.4, -0.2) is 21.4 Å². The van der Waals surface area contributed by atoms with Crippen LogP contribution in [0.25, 0.3) is 16.9 Å². The Bertz CT molecular complexity index is 1770. The maximum Gasteiger partial charge on any atom is 0.416 e. The molecule has 0 aliphatic carbocycles. The lowest BCUT2D eigenvalue weighted by molar-refractivity contribution is -0.137. The minimum absolute atomic E-state index is 0.0891. The van der Waals surface area contributed by atoms with Gasteiger partial charge in [0.05, 0.1) is 17.7 Å². The maximum atomic E-state index is 13.2. The number of hydrogen-bond acceptors (Lipinski definition) is 3. The molecule has 0 radical (unpaired) electrons. The number of amides is 2. The number of aromatic nitrogens is 2. The molecular formula is C34H29F3N4O2. The molecule has 5 rings (SSSR count). The van der Waals surface area contributed by atoms with Crippen molar-refractivity contribution < 1.29 is 22.8 Å². The van der Waals surface area contributed by atoms with Crippen LogP contribution < -0.4 is 10.6 Å². The van der Waals surface area contributed by atoms with Gasteiger partial charge in [-0.3, -0.25) is 9.59 Å². The van der Waals surface area contributed by atoms with E-state index in [1.54, 1.807) is 48.5 Å². The van der Waals surface area contributed by atoms with Crippen LogP contribution in [0.3, 0.4) is 0 Å². The fourth-order valence-electron chi connectivity index (χ4n) is 4.86. The highest BCUT2D eigenvalue weighted by Gasteiger charge is 2.30. The van der Waals surface area contributed by atoms with Crippen LogP contribution in [0.4, 0.5) is 24.5 Å². The number of nitrogens with zero attached hydrogens (tertiary/aromatic N) is 2. The van der Waals surface area contributed by atoms with Gasteiger partial charge in [0.25, 0.3) is 5.91 Å². The van der Waals surface area contributed by atoms with Crippen molar-refractivity contribution in [2.45, 2.75) is 33.4 Å². The molecule has 6 nitrogen and oxygen atoms in total. The number of alkyl halides is 3. The molecule has 43 heavy (non-hydrogen) atoms. The second-order valence-corrected chi connectivity index (χ2v) is 10.3. The van der Waals surface area contributed by atoms with E-state index in [1.807, 2.05) is 49.6 Å². The molecule has 0 atom stereocenters. The van der Waals surface area contributed by atoms with Gasteiger partial charge < -0.3 is 15.2 Å². The van der Waals surface area contributed by atoms with Crippen molar-refractivity contribution in [1.29, 1.82) is 0 Å². The number of anilines is 2. The predicted molar refractivity (Wildman–Crippen MR) is 161 cm³/mol. The molecule has 2 amide bonds. The standard InChI is InChI=1S/C34H29F3N4O2/c1-21-7-18-29(30(19-21)24-10-12-25(13-11-24)34(35,36)37)33(43)40-27-16-14-26(15-17-27)39-32(42)20-28-5-4-6-31(38-28)41-22(2)8-9-23(41)3/h4-19H,20H2,1-3H3,(H,39,42)(H,40,43). The molecule has 0 unspecified atom stereocenters. The van der Waals surface area contributed by atoms with Gasteiger partial charge >= 0.3 is 6.18 Å². The zero-order valence-corrected chi connectivity index (χ0v) is 23.8. The molecule has 2 aromatic heterocycles. The first-order valence-electron chi connectivity index (χ1n) is 13.6. The summed E-state index contributed by atoms with van der Waals surface area (Å²) in [5, 5.41) is 5.68. The third kappa shape index (κ3) is 6.83. The number of pyridine rings is 1. The molecule has 3 aromatic carbocycles. The Labute approximate surface area is 247 Å². The Balaban J connectivity index is 1.25. The third-order valence-corrected chi connectivity index (χ3v) is 7.00. The van der Waals surface area contributed by atoms with E-state index in [-0.39, 0.29) is 12.3 Å². The van der Waals surface area contributed by atoms with E-state index in [9.17, 15) is 22.8 Å². The highest BCUT2D eigenvalue weighted by molar-refractivity contribution is 6.09. The van der Waals surface area contributed by atoms with Crippen LogP contribution in [0.2, 0.25) is 0 Å². The third-order valence-electron chi connectivity index (χ3n) is 7.00. The van der Waals surface area contributed by atoms with Crippen LogP contribution in [0, 0.1) is 20.8 Å². The number of hydrogen-bond donors (Lipinski definition) is 2. The van der Waals surface area contributed by atoms with Crippen molar-refractivity contribution in [1.82, 2.24) is 9.55 Å². The summed E-state index contributed by atoms with van der Waals surface area (Å²) in [6.07, 6.45) is -4.36. The monoisotopic (exact) mass is 582 g/mol. The van der Waals surface area contributed by atoms with Gasteiger partial charge in [0.1, 0.15) is 5.82 Å². The largest absolute Gasteiger partial charge is 0.416 e. The van der Waals surface area contributed by atoms with E-state index in [2.05, 4.69) is 15.6 Å². The highest BCUT2D eigenvalue weighted by Crippen LogP contribution is 2.32. The summed E-state index contributed by atoms with van der Waals surface area (Å²) in [7, 11) is 0. The van der Waals surface area contributed by atoms with Crippen LogP contribution in [-0.2, 0) is 17.4 Å². The Morgan fingerprint density at radius 3 is 2.02 bits per heavy atom. The van der Waals surface area contributed by atoms with Gasteiger partial charge in [-0.15, -0.1) is 0 Å². The molecule has 0 spiro atoms. The van der Waals surface area contributed by atoms with Crippen molar-refractivity contribution in [3.8, 4) is 16.9 Å². The van der Waals surface area contributed by atoms with Gasteiger partial charge in [-0.05, 0) is 98.6 Å². The Hall–Kier alpha value is -5.18. The number of carbonyl (C=O) groups is 2. The predicted octanol–water partition coefficient (Wildman–Crippen LogP) is 7.92. The van der Waals surface area contributed by atoms with Gasteiger partial charge in [0, 0.05) is 28.3 Å². The summed E-state index contributed by atoms with van der Waals surface area (Å²) in [4.78, 5) is 30.6. The van der Waals surface area contributed by atoms with E-state index in [0.29, 0.717) is 33.8 Å². The van der Waals surface area contributed by atoms with Crippen molar-refractivity contribution in [3.05, 3.63) is 131 Å². The average molecular weight is 583 g/mol. The molecule has 0 saturated heterocycles. The SMILES string of the molecule is Cc1ccc(C(=O)Nc2ccc(NC(=O)Cc3cccc(-n4c(C)ccc4C)n3)cc2)c(-c2ccc(C(F)(F)F)cc2)c1. The Kier molecular flexibility index (Phi) is 8.16. The first-order chi connectivity index (χ1) is 20.5. The summed E-state index contributed by atoms with van der Waals surface area (Å²) in [5.74, 6) is 0.106. The fraction of sp³-hybridized carbons (Fsp3) is 0.147. The van der Waals surface area contributed by atoms with E-state index in [4.69, 9.17) is 0 Å². The molecule has 2 heterocycles. The Morgan fingerprint density at radius 1 is 0.767 bits per heavy atom. The minimum Gasteiger partial charge on any atom is -0.326 e. The normalized spacial score (nSPS) is 11.3. The first-order valence-corrected chi connectivity index (χ1v) is 13.6. The lowest BCUT2D eigenvalue weighted by Crippen LogP contribution is -2.16. The summed E-state index contributed by atoms with van der Waals surface area (Å²) >= 11 is 0. The lowest BCUT2D eigenvalue weighted by atomic mass is 9.96.